The van der Waals surface area contributed by atoms with Crippen LogP contribution in [-0.2, 0) is 6.18 Å². The summed E-state index contributed by atoms with van der Waals surface area (Å²) in [5.41, 5.74) is 0.650. The maximum atomic E-state index is 13.5. The Balaban J connectivity index is 1.50. The van der Waals surface area contributed by atoms with Gasteiger partial charge in [0.25, 0.3) is 0 Å². The van der Waals surface area contributed by atoms with Crippen molar-refractivity contribution in [1.29, 1.82) is 0 Å². The van der Waals surface area contributed by atoms with E-state index in [2.05, 4.69) is 35.4 Å². The van der Waals surface area contributed by atoms with Crippen molar-refractivity contribution in [2.75, 3.05) is 60.9 Å². The Kier molecular flexibility index (Phi) is 6.48. The summed E-state index contributed by atoms with van der Waals surface area (Å²) in [6.07, 6.45) is 0.806. The number of rotatable bonds is 6. The first kappa shape index (κ1) is 24.6. The molecule has 194 valence electrons. The third-order valence-electron chi connectivity index (χ3n) is 6.09. The van der Waals surface area contributed by atoms with Crippen LogP contribution in [0.15, 0.2) is 55.0 Å². The summed E-state index contributed by atoms with van der Waals surface area (Å²) in [6.45, 7) is 3.20. The topological polar surface area (TPSA) is 97.1 Å². The zero-order valence-electron chi connectivity index (χ0n) is 20.2. The molecule has 37 heavy (non-hydrogen) atoms. The molecule has 4 aromatic rings. The van der Waals surface area contributed by atoms with Gasteiger partial charge in [0.05, 0.1) is 11.3 Å². The number of alkyl halides is 3. The number of anilines is 6. The average Bonchev–Trinajstić information content (AvgIpc) is 3.31. The fraction of sp³-hybridized carbons (Fsp3) is 0.292. The molecule has 5 rings (SSSR count). The van der Waals surface area contributed by atoms with Crippen LogP contribution in [0.1, 0.15) is 5.56 Å². The lowest BCUT2D eigenvalue weighted by molar-refractivity contribution is -0.137. The van der Waals surface area contributed by atoms with E-state index in [1.165, 1.54) is 13.1 Å². The van der Waals surface area contributed by atoms with Crippen LogP contribution in [0, 0.1) is 0 Å². The lowest BCUT2D eigenvalue weighted by Crippen LogP contribution is -2.44. The molecule has 0 bridgehead atoms. The lowest BCUT2D eigenvalue weighted by Gasteiger charge is -2.33. The summed E-state index contributed by atoms with van der Waals surface area (Å²) < 4.78 is 42.4. The van der Waals surface area contributed by atoms with Gasteiger partial charge in [-0.25, -0.2) is 4.98 Å². The second kappa shape index (κ2) is 9.75. The minimum atomic E-state index is -4.59. The van der Waals surface area contributed by atoms with Crippen molar-refractivity contribution in [3.05, 3.63) is 60.6 Å². The maximum Gasteiger partial charge on any atom is 0.416 e. The zero-order valence-corrected chi connectivity index (χ0v) is 20.2. The molecule has 0 saturated carbocycles. The Morgan fingerprint density at radius 3 is 2.46 bits per heavy atom. The summed E-state index contributed by atoms with van der Waals surface area (Å²) in [6, 6.07) is 8.76. The van der Waals surface area contributed by atoms with Crippen molar-refractivity contribution in [3.63, 3.8) is 0 Å². The van der Waals surface area contributed by atoms with Gasteiger partial charge in [-0.3, -0.25) is 10.3 Å². The third kappa shape index (κ3) is 5.67. The van der Waals surface area contributed by atoms with E-state index >= 15 is 0 Å². The Labute approximate surface area is 210 Å². The molecule has 1 fully saturated rings. The smallest absolute Gasteiger partial charge is 0.354 e. The predicted molar refractivity (Wildman–Crippen MR) is 135 cm³/mol. The number of piperazine rings is 1. The van der Waals surface area contributed by atoms with Gasteiger partial charge in [-0.2, -0.15) is 23.1 Å². The van der Waals surface area contributed by atoms with Crippen LogP contribution >= 0.6 is 0 Å². The molecule has 0 radical (unpaired) electrons. The SMILES string of the molecule is CN1CCN(c2cc(Nc3ccn4ccnc4c3)nc(Nc3cc(N(C)O)cc(C(F)(F)F)c3)n2)CC1. The van der Waals surface area contributed by atoms with Crippen LogP contribution in [0.25, 0.3) is 5.65 Å². The summed E-state index contributed by atoms with van der Waals surface area (Å²) in [5.74, 6) is 1.22. The highest BCUT2D eigenvalue weighted by molar-refractivity contribution is 5.68. The van der Waals surface area contributed by atoms with Crippen molar-refractivity contribution < 1.29 is 18.4 Å². The van der Waals surface area contributed by atoms with Crippen molar-refractivity contribution in [3.8, 4) is 0 Å². The van der Waals surface area contributed by atoms with Gasteiger partial charge in [-0.05, 0) is 31.3 Å². The van der Waals surface area contributed by atoms with E-state index in [9.17, 15) is 18.4 Å². The molecule has 3 N–H and O–H groups in total. The number of fused-ring (bicyclic) bond motifs is 1. The molecule has 10 nitrogen and oxygen atoms in total. The monoisotopic (exact) mass is 513 g/mol. The summed E-state index contributed by atoms with van der Waals surface area (Å²) in [5, 5.41) is 16.6. The molecule has 1 aliphatic rings. The molecule has 13 heteroatoms. The minimum absolute atomic E-state index is 0.0288. The molecule has 1 aromatic carbocycles. The van der Waals surface area contributed by atoms with Crippen molar-refractivity contribution in [2.45, 2.75) is 6.18 Å². The highest BCUT2D eigenvalue weighted by atomic mass is 19.4. The number of likely N-dealkylation sites (N-methyl/N-ethyl adjacent to an activating group) is 1. The summed E-state index contributed by atoms with van der Waals surface area (Å²) in [4.78, 5) is 17.7. The number of hydroxylamine groups is 1. The van der Waals surface area contributed by atoms with E-state index in [-0.39, 0.29) is 17.3 Å². The number of hydrogen-bond acceptors (Lipinski definition) is 9. The van der Waals surface area contributed by atoms with Crippen molar-refractivity contribution in [2.24, 2.45) is 0 Å². The van der Waals surface area contributed by atoms with E-state index in [4.69, 9.17) is 0 Å². The van der Waals surface area contributed by atoms with Crippen LogP contribution < -0.4 is 20.6 Å². The summed E-state index contributed by atoms with van der Waals surface area (Å²) >= 11 is 0. The van der Waals surface area contributed by atoms with Gasteiger partial charge in [-0.1, -0.05) is 0 Å². The molecule has 0 unspecified atom stereocenters. The second-order valence-electron chi connectivity index (χ2n) is 8.87. The average molecular weight is 514 g/mol. The number of nitrogens with one attached hydrogen (secondary N) is 2. The maximum absolute atomic E-state index is 13.5. The van der Waals surface area contributed by atoms with Crippen LogP contribution in [0.2, 0.25) is 0 Å². The minimum Gasteiger partial charge on any atom is -0.354 e. The molecule has 4 heterocycles. The van der Waals surface area contributed by atoms with E-state index < -0.39 is 11.7 Å². The molecule has 0 aliphatic carbocycles. The lowest BCUT2D eigenvalue weighted by atomic mass is 10.1. The second-order valence-corrected chi connectivity index (χ2v) is 8.87. The van der Waals surface area contributed by atoms with Crippen LogP contribution in [0.5, 0.6) is 0 Å². The van der Waals surface area contributed by atoms with Crippen molar-refractivity contribution >= 4 is 40.3 Å². The first-order valence-corrected chi connectivity index (χ1v) is 11.6. The fourth-order valence-electron chi connectivity index (χ4n) is 4.05. The van der Waals surface area contributed by atoms with Gasteiger partial charge in [0.1, 0.15) is 17.3 Å². The molecule has 1 saturated heterocycles. The predicted octanol–water partition coefficient (Wildman–Crippen LogP) is 4.21. The zero-order chi connectivity index (χ0) is 26.2. The highest BCUT2D eigenvalue weighted by Crippen LogP contribution is 2.35. The number of hydrogen-bond donors (Lipinski definition) is 3. The third-order valence-corrected chi connectivity index (χ3v) is 6.09. The number of pyridine rings is 1. The molecule has 0 spiro atoms. The quantitative estimate of drug-likeness (QED) is 0.328. The number of imidazole rings is 1. The van der Waals surface area contributed by atoms with E-state index in [1.54, 1.807) is 6.20 Å². The number of aromatic nitrogens is 4. The normalized spacial score (nSPS) is 14.7. The molecular formula is C24H26F3N9O. The van der Waals surface area contributed by atoms with Gasteiger partial charge in [-0.15, -0.1) is 0 Å². The van der Waals surface area contributed by atoms with E-state index in [0.29, 0.717) is 16.7 Å². The van der Waals surface area contributed by atoms with Crippen LogP contribution in [0.4, 0.5) is 47.8 Å². The van der Waals surface area contributed by atoms with Gasteiger partial charge in [0, 0.05) is 75.3 Å². The van der Waals surface area contributed by atoms with Crippen molar-refractivity contribution in [1.82, 2.24) is 24.3 Å². The largest absolute Gasteiger partial charge is 0.416 e. The first-order chi connectivity index (χ1) is 17.6. The molecule has 3 aromatic heterocycles. The fourth-order valence-corrected chi connectivity index (χ4v) is 4.05. The number of benzene rings is 1. The first-order valence-electron chi connectivity index (χ1n) is 11.6. The number of halogens is 3. The number of nitrogens with zero attached hydrogens (tertiary/aromatic N) is 7. The Morgan fingerprint density at radius 1 is 0.946 bits per heavy atom. The molecular weight excluding hydrogens is 487 g/mol. The van der Waals surface area contributed by atoms with Gasteiger partial charge < -0.3 is 24.8 Å². The Bertz CT molecular complexity index is 1400. The van der Waals surface area contributed by atoms with Gasteiger partial charge in [0.15, 0.2) is 0 Å². The standard InChI is InChI=1S/C24H26F3N9O/c1-33-7-9-36(10-8-33)22-15-20(29-17-3-5-35-6-4-28-21(35)14-17)31-23(32-22)30-18-11-16(24(25,26)27)12-19(13-18)34(2)37/h3-6,11-15,37H,7-10H2,1-2H3,(H2,29,30,31,32). The molecule has 0 atom stereocenters. The van der Waals surface area contributed by atoms with Crippen LogP contribution in [0.3, 0.4) is 0 Å². The highest BCUT2D eigenvalue weighted by Gasteiger charge is 2.31. The van der Waals surface area contributed by atoms with Crippen LogP contribution in [-0.4, -0.2) is 69.7 Å². The van der Waals surface area contributed by atoms with Gasteiger partial charge in [0.2, 0.25) is 5.95 Å². The van der Waals surface area contributed by atoms with E-state index in [0.717, 1.165) is 49.6 Å². The Hall–Kier alpha value is -4.10. The molecule has 0 amide bonds. The van der Waals surface area contributed by atoms with Gasteiger partial charge >= 0.3 is 6.18 Å². The summed E-state index contributed by atoms with van der Waals surface area (Å²) in [7, 11) is 3.30. The van der Waals surface area contributed by atoms with E-state index in [1.807, 2.05) is 42.0 Å². The molecule has 1 aliphatic heterocycles. The Morgan fingerprint density at radius 2 is 1.73 bits per heavy atom.